The van der Waals surface area contributed by atoms with Gasteiger partial charge in [-0.25, -0.2) is 0 Å². The minimum Gasteiger partial charge on any atom is -0.496 e. The van der Waals surface area contributed by atoms with Crippen LogP contribution < -0.4 is 10.0 Å². The van der Waals surface area contributed by atoms with Gasteiger partial charge in [-0.1, -0.05) is 57.8 Å². The van der Waals surface area contributed by atoms with E-state index in [2.05, 4.69) is 45.0 Å². The Morgan fingerprint density at radius 1 is 1.12 bits per heavy atom. The third-order valence-electron chi connectivity index (χ3n) is 4.62. The Kier molecular flexibility index (Phi) is 5.83. The third kappa shape index (κ3) is 3.87. The van der Waals surface area contributed by atoms with Crippen molar-refractivity contribution in [2.45, 2.75) is 46.2 Å². The molecular formula is C21H27O2P. The van der Waals surface area contributed by atoms with Crippen LogP contribution in [0, 0.1) is 13.8 Å². The first-order valence-electron chi connectivity index (χ1n) is 8.35. The number of rotatable bonds is 6. The Labute approximate surface area is 147 Å². The summed E-state index contributed by atoms with van der Waals surface area (Å²) in [5, 5.41) is 1.08. The lowest BCUT2D eigenvalue weighted by Crippen LogP contribution is -2.22. The molecular weight excluding hydrogens is 315 g/mol. The standard InChI is InChI=1S/C21H27O2P/c1-7-21(5,18-13-15(3)8-10-19(18)23-6)24-20-11-9-14(2)12-17(20)16(4)22/h8-13,24H,7H2,1-6H3. The van der Waals surface area contributed by atoms with Crippen LogP contribution >= 0.6 is 8.58 Å². The molecule has 2 unspecified atom stereocenters. The van der Waals surface area contributed by atoms with Crippen LogP contribution in [0.15, 0.2) is 36.4 Å². The molecule has 2 atom stereocenters. The van der Waals surface area contributed by atoms with E-state index in [4.69, 9.17) is 4.74 Å². The van der Waals surface area contributed by atoms with Crippen molar-refractivity contribution in [3.05, 3.63) is 58.7 Å². The number of methoxy groups -OCH3 is 1. The lowest BCUT2D eigenvalue weighted by Gasteiger charge is -2.31. The Morgan fingerprint density at radius 2 is 1.75 bits per heavy atom. The molecule has 0 radical (unpaired) electrons. The summed E-state index contributed by atoms with van der Waals surface area (Å²) in [6.45, 7) is 10.3. The van der Waals surface area contributed by atoms with Crippen LogP contribution in [-0.4, -0.2) is 12.9 Å². The molecule has 0 aromatic heterocycles. The number of hydrogen-bond acceptors (Lipinski definition) is 2. The number of benzene rings is 2. The fraction of sp³-hybridized carbons (Fsp3) is 0.381. The highest BCUT2D eigenvalue weighted by Gasteiger charge is 2.29. The number of hydrogen-bond donors (Lipinski definition) is 0. The summed E-state index contributed by atoms with van der Waals surface area (Å²) >= 11 is 0. The number of aryl methyl sites for hydroxylation is 2. The third-order valence-corrected chi connectivity index (χ3v) is 6.50. The van der Waals surface area contributed by atoms with E-state index in [1.807, 2.05) is 19.1 Å². The fourth-order valence-electron chi connectivity index (χ4n) is 2.95. The first kappa shape index (κ1) is 18.7. The quantitative estimate of drug-likeness (QED) is 0.536. The van der Waals surface area contributed by atoms with Crippen molar-refractivity contribution < 1.29 is 9.53 Å². The first-order valence-corrected chi connectivity index (χ1v) is 9.35. The normalized spacial score (nSPS) is 13.9. The van der Waals surface area contributed by atoms with Crippen LogP contribution in [0.25, 0.3) is 0 Å². The van der Waals surface area contributed by atoms with Gasteiger partial charge in [-0.3, -0.25) is 4.79 Å². The van der Waals surface area contributed by atoms with E-state index in [1.165, 1.54) is 11.1 Å². The maximum absolute atomic E-state index is 12.1. The number of carbonyl (C=O) groups is 1. The average Bonchev–Trinajstić information content (AvgIpc) is 2.56. The molecule has 0 heterocycles. The molecule has 2 rings (SSSR count). The van der Waals surface area contributed by atoms with Crippen LogP contribution in [0.3, 0.4) is 0 Å². The Morgan fingerprint density at radius 3 is 2.33 bits per heavy atom. The van der Waals surface area contributed by atoms with Gasteiger partial charge in [0.05, 0.1) is 7.11 Å². The van der Waals surface area contributed by atoms with Crippen LogP contribution in [0.2, 0.25) is 0 Å². The van der Waals surface area contributed by atoms with Crippen molar-refractivity contribution in [3.8, 4) is 5.75 Å². The molecule has 0 aliphatic rings. The van der Waals surface area contributed by atoms with E-state index in [0.717, 1.165) is 28.6 Å². The first-order chi connectivity index (χ1) is 11.3. The van der Waals surface area contributed by atoms with Crippen LogP contribution in [0.4, 0.5) is 0 Å². The van der Waals surface area contributed by atoms with Gasteiger partial charge in [0.25, 0.3) is 0 Å². The lowest BCUT2D eigenvalue weighted by atomic mass is 9.95. The van der Waals surface area contributed by atoms with Crippen molar-refractivity contribution in [2.75, 3.05) is 7.11 Å². The molecule has 3 heteroatoms. The molecule has 24 heavy (non-hydrogen) atoms. The van der Waals surface area contributed by atoms with E-state index in [1.54, 1.807) is 14.0 Å². The second-order valence-corrected chi connectivity index (χ2v) is 8.51. The summed E-state index contributed by atoms with van der Waals surface area (Å²) in [5.41, 5.74) is 4.42. The highest BCUT2D eigenvalue weighted by Crippen LogP contribution is 2.47. The molecule has 0 aliphatic heterocycles. The van der Waals surface area contributed by atoms with Crippen molar-refractivity contribution in [3.63, 3.8) is 0 Å². The number of carbonyl (C=O) groups excluding carboxylic acids is 1. The minimum absolute atomic E-state index is 0.0587. The molecule has 2 aromatic carbocycles. The molecule has 128 valence electrons. The number of ketones is 1. The fourth-order valence-corrected chi connectivity index (χ4v) is 4.61. The summed E-state index contributed by atoms with van der Waals surface area (Å²) in [5.74, 6) is 1.06. The zero-order chi connectivity index (χ0) is 17.9. The van der Waals surface area contributed by atoms with Gasteiger partial charge in [0.15, 0.2) is 5.78 Å². The minimum atomic E-state index is -0.0587. The maximum atomic E-state index is 12.1. The predicted octanol–water partition coefficient (Wildman–Crippen LogP) is 5.14. The van der Waals surface area contributed by atoms with Gasteiger partial charge in [0, 0.05) is 16.3 Å². The average molecular weight is 342 g/mol. The molecule has 0 spiro atoms. The van der Waals surface area contributed by atoms with Crippen LogP contribution in [0.1, 0.15) is 54.2 Å². The maximum Gasteiger partial charge on any atom is 0.160 e. The van der Waals surface area contributed by atoms with Crippen molar-refractivity contribution in [2.24, 2.45) is 0 Å². The summed E-state index contributed by atoms with van der Waals surface area (Å²) < 4.78 is 5.62. The van der Waals surface area contributed by atoms with Crippen molar-refractivity contribution >= 4 is 19.7 Å². The second-order valence-electron chi connectivity index (χ2n) is 6.62. The summed E-state index contributed by atoms with van der Waals surface area (Å²) in [7, 11) is 2.23. The van der Waals surface area contributed by atoms with Gasteiger partial charge in [-0.2, -0.15) is 0 Å². The SMILES string of the molecule is CCC(C)(Pc1ccc(C)cc1C(C)=O)c1cc(C)ccc1OC. The van der Waals surface area contributed by atoms with Crippen LogP contribution in [-0.2, 0) is 5.16 Å². The summed E-state index contributed by atoms with van der Waals surface area (Å²) in [6.07, 6.45) is 0.983. The Hall–Kier alpha value is -1.66. The highest BCUT2D eigenvalue weighted by molar-refractivity contribution is 7.48. The molecule has 2 aromatic rings. The van der Waals surface area contributed by atoms with E-state index in [9.17, 15) is 4.79 Å². The van der Waals surface area contributed by atoms with Crippen molar-refractivity contribution in [1.82, 2.24) is 0 Å². The molecule has 0 amide bonds. The molecule has 2 nitrogen and oxygen atoms in total. The smallest absolute Gasteiger partial charge is 0.160 e. The monoisotopic (exact) mass is 342 g/mol. The molecule has 0 aliphatic carbocycles. The molecule has 0 fully saturated rings. The Balaban J connectivity index is 2.53. The van der Waals surface area contributed by atoms with E-state index in [0.29, 0.717) is 8.58 Å². The van der Waals surface area contributed by atoms with Gasteiger partial charge in [-0.05, 0) is 44.6 Å². The second kappa shape index (κ2) is 7.49. The molecule has 0 saturated carbocycles. The van der Waals surface area contributed by atoms with E-state index < -0.39 is 0 Å². The Bertz CT molecular complexity index is 751. The zero-order valence-electron chi connectivity index (χ0n) is 15.5. The van der Waals surface area contributed by atoms with Gasteiger partial charge in [0.2, 0.25) is 0 Å². The largest absolute Gasteiger partial charge is 0.496 e. The topological polar surface area (TPSA) is 26.3 Å². The van der Waals surface area contributed by atoms with Gasteiger partial charge >= 0.3 is 0 Å². The van der Waals surface area contributed by atoms with Crippen LogP contribution in [0.5, 0.6) is 5.75 Å². The van der Waals surface area contributed by atoms with E-state index in [-0.39, 0.29) is 10.9 Å². The summed E-state index contributed by atoms with van der Waals surface area (Å²) in [4.78, 5) is 12.1. The van der Waals surface area contributed by atoms with E-state index >= 15 is 0 Å². The molecule has 0 N–H and O–H groups in total. The van der Waals surface area contributed by atoms with Gasteiger partial charge < -0.3 is 4.74 Å². The van der Waals surface area contributed by atoms with Gasteiger partial charge in [0.1, 0.15) is 5.75 Å². The molecule has 0 saturated heterocycles. The number of ether oxygens (including phenoxy) is 1. The van der Waals surface area contributed by atoms with Crippen molar-refractivity contribution in [1.29, 1.82) is 0 Å². The highest BCUT2D eigenvalue weighted by atomic mass is 31.1. The summed E-state index contributed by atoms with van der Waals surface area (Å²) in [6, 6.07) is 12.6. The van der Waals surface area contributed by atoms with Gasteiger partial charge in [-0.15, -0.1) is 0 Å². The predicted molar refractivity (Wildman–Crippen MR) is 105 cm³/mol. The number of Topliss-reactive ketones (excluding diaryl/α,β-unsaturated/α-hetero) is 1. The molecule has 0 bridgehead atoms. The lowest BCUT2D eigenvalue weighted by molar-refractivity contribution is 0.101. The zero-order valence-corrected chi connectivity index (χ0v) is 16.5.